The Morgan fingerprint density at radius 2 is 1.96 bits per heavy atom. The van der Waals surface area contributed by atoms with Crippen LogP contribution in [0.4, 0.5) is 5.69 Å². The Morgan fingerprint density at radius 3 is 2.72 bits per heavy atom. The number of hydrogen-bond acceptors (Lipinski definition) is 4. The summed E-state index contributed by atoms with van der Waals surface area (Å²) < 4.78 is 4.16. The van der Waals surface area contributed by atoms with Gasteiger partial charge in [0, 0.05) is 22.3 Å². The summed E-state index contributed by atoms with van der Waals surface area (Å²) >= 11 is 1.59. The number of likely N-dealkylation sites (N-methyl/N-ethyl adjacent to an activating group) is 1. The van der Waals surface area contributed by atoms with Gasteiger partial charge in [-0.25, -0.2) is 0 Å². The lowest BCUT2D eigenvalue weighted by Crippen LogP contribution is -2.27. The van der Waals surface area contributed by atoms with Crippen LogP contribution < -0.4 is 11.2 Å². The third-order valence-electron chi connectivity index (χ3n) is 4.94. The molecule has 6 heteroatoms. The lowest BCUT2D eigenvalue weighted by Gasteiger charge is -2.18. The smallest absolute Gasteiger partial charge is 0.189 e. The SMILES string of the molecule is CCN(CC)CCn1[nH]c2c3c(=O)cccc3sc3c(N)ccc1c32. The molecular weight excluding hydrogens is 332 g/mol. The lowest BCUT2D eigenvalue weighted by atomic mass is 10.1. The van der Waals surface area contributed by atoms with E-state index in [0.29, 0.717) is 0 Å². The van der Waals surface area contributed by atoms with Crippen molar-refractivity contribution in [2.24, 2.45) is 0 Å². The van der Waals surface area contributed by atoms with Crippen molar-refractivity contribution in [2.75, 3.05) is 25.4 Å². The van der Waals surface area contributed by atoms with Crippen molar-refractivity contribution < 1.29 is 0 Å². The van der Waals surface area contributed by atoms with E-state index in [-0.39, 0.29) is 5.43 Å². The second kappa shape index (κ2) is 6.20. The first-order valence-electron chi connectivity index (χ1n) is 8.68. The van der Waals surface area contributed by atoms with Crippen molar-refractivity contribution in [3.05, 3.63) is 40.6 Å². The third kappa shape index (κ3) is 2.53. The maximum absolute atomic E-state index is 12.5. The van der Waals surface area contributed by atoms with Gasteiger partial charge in [-0.1, -0.05) is 19.9 Å². The van der Waals surface area contributed by atoms with Gasteiger partial charge in [-0.15, -0.1) is 11.3 Å². The summed E-state index contributed by atoms with van der Waals surface area (Å²) in [5, 5.41) is 5.31. The zero-order valence-electron chi connectivity index (χ0n) is 14.5. The second-order valence-electron chi connectivity index (χ2n) is 6.27. The maximum atomic E-state index is 12.5. The van der Waals surface area contributed by atoms with E-state index in [1.807, 2.05) is 18.2 Å². The molecule has 130 valence electrons. The summed E-state index contributed by atoms with van der Waals surface area (Å²) in [5.41, 5.74) is 9.06. The zero-order chi connectivity index (χ0) is 17.6. The fourth-order valence-corrected chi connectivity index (χ4v) is 4.67. The highest BCUT2D eigenvalue weighted by atomic mass is 32.1. The monoisotopic (exact) mass is 354 g/mol. The van der Waals surface area contributed by atoms with Crippen LogP contribution in [0.15, 0.2) is 35.1 Å². The Balaban J connectivity index is 1.99. The average molecular weight is 354 g/mol. The summed E-state index contributed by atoms with van der Waals surface area (Å²) in [5.74, 6) is 0. The molecule has 0 amide bonds. The molecule has 25 heavy (non-hydrogen) atoms. The van der Waals surface area contributed by atoms with E-state index in [0.717, 1.165) is 63.1 Å². The first-order chi connectivity index (χ1) is 12.1. The number of H-pyrrole nitrogens is 1. The molecular formula is C19H22N4OS. The van der Waals surface area contributed by atoms with Gasteiger partial charge in [-0.2, -0.15) is 0 Å². The van der Waals surface area contributed by atoms with Gasteiger partial charge in [0.15, 0.2) is 5.43 Å². The quantitative estimate of drug-likeness (QED) is 0.425. The molecule has 3 N–H and O–H groups in total. The van der Waals surface area contributed by atoms with E-state index in [9.17, 15) is 4.79 Å². The lowest BCUT2D eigenvalue weighted by molar-refractivity contribution is 0.287. The predicted molar refractivity (Wildman–Crippen MR) is 108 cm³/mol. The molecule has 0 fully saturated rings. The van der Waals surface area contributed by atoms with Crippen molar-refractivity contribution in [2.45, 2.75) is 20.4 Å². The molecule has 0 aliphatic rings. The van der Waals surface area contributed by atoms with E-state index >= 15 is 0 Å². The van der Waals surface area contributed by atoms with Crippen LogP contribution in [0.5, 0.6) is 0 Å². The molecule has 0 bridgehead atoms. The Hall–Kier alpha value is -2.31. The number of rotatable bonds is 5. The van der Waals surface area contributed by atoms with Crippen molar-refractivity contribution in [1.82, 2.24) is 14.7 Å². The summed E-state index contributed by atoms with van der Waals surface area (Å²) in [4.78, 5) is 14.9. The Labute approximate surface area is 149 Å². The molecule has 0 saturated carbocycles. The van der Waals surface area contributed by atoms with Crippen LogP contribution >= 0.6 is 11.3 Å². The molecule has 0 aliphatic heterocycles. The first kappa shape index (κ1) is 16.2. The van der Waals surface area contributed by atoms with Gasteiger partial charge in [-0.3, -0.25) is 14.6 Å². The van der Waals surface area contributed by atoms with Gasteiger partial charge < -0.3 is 10.6 Å². The normalized spacial score (nSPS) is 12.1. The van der Waals surface area contributed by atoms with Gasteiger partial charge in [0.1, 0.15) is 0 Å². The molecule has 5 nitrogen and oxygen atoms in total. The molecule has 2 aromatic heterocycles. The Kier molecular flexibility index (Phi) is 4.01. The molecule has 4 rings (SSSR count). The van der Waals surface area contributed by atoms with E-state index in [1.54, 1.807) is 17.4 Å². The third-order valence-corrected chi connectivity index (χ3v) is 6.14. The van der Waals surface area contributed by atoms with E-state index in [4.69, 9.17) is 5.73 Å². The van der Waals surface area contributed by atoms with E-state index in [1.165, 1.54) is 0 Å². The Morgan fingerprint density at radius 1 is 1.16 bits per heavy atom. The van der Waals surface area contributed by atoms with Gasteiger partial charge in [0.05, 0.1) is 27.7 Å². The molecule has 2 aromatic carbocycles. The Bertz CT molecular complexity index is 1120. The first-order valence-corrected chi connectivity index (χ1v) is 9.50. The van der Waals surface area contributed by atoms with E-state index in [2.05, 4.69) is 34.6 Å². The molecule has 0 radical (unpaired) electrons. The van der Waals surface area contributed by atoms with E-state index < -0.39 is 0 Å². The standard InChI is InChI=1S/C19H22N4OS/c1-3-22(4-2)10-11-23-13-9-8-12(20)19-16(13)18(21-23)17-14(24)6-5-7-15(17)25-19/h5-9,21H,3-4,10-11,20H2,1-2H3. The maximum Gasteiger partial charge on any atom is 0.189 e. The molecule has 0 atom stereocenters. The van der Waals surface area contributed by atoms with Gasteiger partial charge >= 0.3 is 0 Å². The number of aromatic amines is 1. The van der Waals surface area contributed by atoms with Crippen molar-refractivity contribution in [1.29, 1.82) is 0 Å². The summed E-state index contributed by atoms with van der Waals surface area (Å²) in [6, 6.07) is 9.44. The van der Waals surface area contributed by atoms with Crippen LogP contribution in [0.2, 0.25) is 0 Å². The highest BCUT2D eigenvalue weighted by Gasteiger charge is 2.16. The molecule has 0 spiro atoms. The number of anilines is 1. The average Bonchev–Trinajstić information content (AvgIpc) is 2.98. The summed E-state index contributed by atoms with van der Waals surface area (Å²) in [7, 11) is 0. The minimum absolute atomic E-state index is 0.0529. The molecule has 0 unspecified atom stereocenters. The minimum Gasteiger partial charge on any atom is -0.398 e. The van der Waals surface area contributed by atoms with Crippen LogP contribution in [0.3, 0.4) is 0 Å². The number of nitrogens with zero attached hydrogens (tertiary/aromatic N) is 2. The number of benzene rings is 2. The van der Waals surface area contributed by atoms with Crippen molar-refractivity contribution in [3.63, 3.8) is 0 Å². The topological polar surface area (TPSA) is 67.0 Å². The van der Waals surface area contributed by atoms with Crippen LogP contribution in [0.25, 0.3) is 31.2 Å². The van der Waals surface area contributed by atoms with Gasteiger partial charge in [-0.05, 0) is 37.4 Å². The molecule has 0 aliphatic carbocycles. The number of nitrogens with two attached hydrogens (primary N) is 1. The summed E-state index contributed by atoms with van der Waals surface area (Å²) in [6.07, 6.45) is 0. The highest BCUT2D eigenvalue weighted by molar-refractivity contribution is 7.25. The van der Waals surface area contributed by atoms with Crippen molar-refractivity contribution >= 4 is 48.2 Å². The molecule has 0 saturated heterocycles. The number of aromatic nitrogens is 2. The molecule has 4 aromatic rings. The minimum atomic E-state index is 0.0529. The van der Waals surface area contributed by atoms with Crippen LogP contribution in [-0.2, 0) is 6.54 Å². The fraction of sp³-hybridized carbons (Fsp3) is 0.316. The zero-order valence-corrected chi connectivity index (χ0v) is 15.3. The number of nitrogens with one attached hydrogen (secondary N) is 1. The largest absolute Gasteiger partial charge is 0.398 e. The van der Waals surface area contributed by atoms with Crippen LogP contribution in [0, 0.1) is 0 Å². The van der Waals surface area contributed by atoms with Gasteiger partial charge in [0.25, 0.3) is 0 Å². The van der Waals surface area contributed by atoms with Gasteiger partial charge in [0.2, 0.25) is 0 Å². The predicted octanol–water partition coefficient (Wildman–Crippen LogP) is 3.62. The molecule has 2 heterocycles. The number of fused-ring (bicyclic) bond motifs is 2. The second-order valence-corrected chi connectivity index (χ2v) is 7.33. The highest BCUT2D eigenvalue weighted by Crippen LogP contribution is 2.38. The number of nitrogen functional groups attached to an aromatic ring is 1. The fourth-order valence-electron chi connectivity index (χ4n) is 3.51. The summed E-state index contributed by atoms with van der Waals surface area (Å²) in [6.45, 7) is 8.23. The van der Waals surface area contributed by atoms with Crippen molar-refractivity contribution in [3.8, 4) is 0 Å². The number of hydrogen-bond donors (Lipinski definition) is 2. The van der Waals surface area contributed by atoms with Crippen LogP contribution in [-0.4, -0.2) is 34.3 Å². The van der Waals surface area contributed by atoms with Crippen LogP contribution in [0.1, 0.15) is 13.8 Å².